The van der Waals surface area contributed by atoms with Crippen LogP contribution >= 0.6 is 0 Å². The van der Waals surface area contributed by atoms with Crippen molar-refractivity contribution in [1.29, 1.82) is 0 Å². The summed E-state index contributed by atoms with van der Waals surface area (Å²) in [5, 5.41) is 3.41. The van der Waals surface area contributed by atoms with Gasteiger partial charge in [0.25, 0.3) is 0 Å². The predicted octanol–water partition coefficient (Wildman–Crippen LogP) is 6.88. The summed E-state index contributed by atoms with van der Waals surface area (Å²) in [4.78, 5) is 20.3. The first kappa shape index (κ1) is 28.2. The van der Waals surface area contributed by atoms with Crippen LogP contribution in [0.25, 0.3) is 28.0 Å². The Labute approximate surface area is 252 Å². The second kappa shape index (κ2) is 12.5. The number of nitrogens with two attached hydrogens (primary N) is 1. The van der Waals surface area contributed by atoms with Crippen LogP contribution in [0, 0.1) is 5.82 Å². The number of hydrogen-bond donors (Lipinski definition) is 2. The highest BCUT2D eigenvalue weighted by molar-refractivity contribution is 5.93. The highest BCUT2D eigenvalue weighted by atomic mass is 19.1. The van der Waals surface area contributed by atoms with Gasteiger partial charge in [-0.15, -0.1) is 0 Å². The zero-order valence-corrected chi connectivity index (χ0v) is 23.7. The molecule has 0 fully saturated rings. The number of aromatic nitrogens is 3. The van der Waals surface area contributed by atoms with Crippen LogP contribution in [-0.2, 0) is 13.2 Å². The molecule has 0 unspecified atom stereocenters. The number of nitrogens with zero attached hydrogens (tertiary/aromatic N) is 3. The number of amides is 1. The molecule has 0 aliphatic heterocycles. The zero-order valence-electron chi connectivity index (χ0n) is 23.7. The van der Waals surface area contributed by atoms with E-state index in [1.165, 1.54) is 12.4 Å². The fourth-order valence-corrected chi connectivity index (χ4v) is 4.86. The van der Waals surface area contributed by atoms with E-state index in [1.54, 1.807) is 43.5 Å². The van der Waals surface area contributed by atoms with Crippen LogP contribution in [0.15, 0.2) is 109 Å². The van der Waals surface area contributed by atoms with Gasteiger partial charge in [-0.05, 0) is 71.3 Å². The molecule has 6 aromatic rings. The van der Waals surface area contributed by atoms with Crippen LogP contribution in [0.4, 0.5) is 15.0 Å². The SMILES string of the molecule is COc1ccc(CNc2ncnc3cc(-c4ccc(OC(N)=O)cc4)n(-c4ccc(OCc5ccccc5)c(F)c4)c23)cc1. The molecule has 10 heteroatoms. The van der Waals surface area contributed by atoms with Crippen LogP contribution in [-0.4, -0.2) is 27.7 Å². The number of carbonyl (C=O) groups excluding carboxylic acids is 1. The van der Waals surface area contributed by atoms with Gasteiger partial charge in [-0.3, -0.25) is 0 Å². The standard InChI is InChI=1S/C34H28FN5O4/c1-42-26-12-7-22(8-13-26)19-37-33-32-29(38-21-39-33)18-30(24-9-14-27(15-10-24)44-34(36)41)40(32)25-11-16-31(28(35)17-25)43-20-23-5-3-2-4-6-23/h2-18,21H,19-20H2,1H3,(H2,36,41)(H,37,38,39). The molecule has 1 amide bonds. The highest BCUT2D eigenvalue weighted by Gasteiger charge is 2.19. The fraction of sp³-hybridized carbons (Fsp3) is 0.0882. The molecule has 6 rings (SSSR count). The largest absolute Gasteiger partial charge is 0.497 e. The minimum Gasteiger partial charge on any atom is -0.497 e. The van der Waals surface area contributed by atoms with Crippen molar-refractivity contribution in [2.45, 2.75) is 13.2 Å². The molecular weight excluding hydrogens is 561 g/mol. The number of benzene rings is 4. The summed E-state index contributed by atoms with van der Waals surface area (Å²) in [7, 11) is 1.62. The second-order valence-electron chi connectivity index (χ2n) is 9.86. The number of hydrogen-bond acceptors (Lipinski definition) is 7. The van der Waals surface area contributed by atoms with Crippen molar-refractivity contribution in [3.05, 3.63) is 126 Å². The molecule has 9 nitrogen and oxygen atoms in total. The summed E-state index contributed by atoms with van der Waals surface area (Å²) >= 11 is 0. The Hall–Kier alpha value is -5.90. The molecule has 44 heavy (non-hydrogen) atoms. The molecule has 0 spiro atoms. The summed E-state index contributed by atoms with van der Waals surface area (Å²) in [5.41, 5.74) is 10.5. The molecule has 0 bridgehead atoms. The molecule has 3 N–H and O–H groups in total. The van der Waals surface area contributed by atoms with E-state index in [1.807, 2.05) is 65.2 Å². The van der Waals surface area contributed by atoms with Crippen molar-refractivity contribution in [1.82, 2.24) is 14.5 Å². The van der Waals surface area contributed by atoms with Gasteiger partial charge in [-0.25, -0.2) is 19.2 Å². The topological polar surface area (TPSA) is 114 Å². The van der Waals surface area contributed by atoms with E-state index in [0.717, 1.165) is 28.1 Å². The molecule has 0 saturated carbocycles. The Kier molecular flexibility index (Phi) is 8.04. The van der Waals surface area contributed by atoms with E-state index in [9.17, 15) is 4.79 Å². The third-order valence-corrected chi connectivity index (χ3v) is 6.99. The van der Waals surface area contributed by atoms with Gasteiger partial charge in [-0.2, -0.15) is 0 Å². The van der Waals surface area contributed by atoms with Crippen LogP contribution in [0.1, 0.15) is 11.1 Å². The molecular formula is C34H28FN5O4. The maximum absolute atomic E-state index is 15.5. The van der Waals surface area contributed by atoms with Gasteiger partial charge in [0.15, 0.2) is 17.4 Å². The van der Waals surface area contributed by atoms with Crippen molar-refractivity contribution < 1.29 is 23.4 Å². The summed E-state index contributed by atoms with van der Waals surface area (Å²) in [5.74, 6) is 1.26. The minimum atomic E-state index is -0.903. The fourth-order valence-electron chi connectivity index (χ4n) is 4.86. The van der Waals surface area contributed by atoms with Crippen molar-refractivity contribution in [2.75, 3.05) is 12.4 Å². The number of carbonyl (C=O) groups is 1. The number of primary amides is 1. The lowest BCUT2D eigenvalue weighted by Crippen LogP contribution is -2.16. The van der Waals surface area contributed by atoms with Gasteiger partial charge in [0.2, 0.25) is 0 Å². The maximum atomic E-state index is 15.5. The summed E-state index contributed by atoms with van der Waals surface area (Å²) < 4.78 is 33.5. The van der Waals surface area contributed by atoms with Crippen molar-refractivity contribution in [3.63, 3.8) is 0 Å². The molecule has 0 aliphatic carbocycles. The lowest BCUT2D eigenvalue weighted by atomic mass is 10.1. The molecule has 2 heterocycles. The van der Waals surface area contributed by atoms with Crippen LogP contribution in [0.5, 0.6) is 17.2 Å². The Balaban J connectivity index is 1.40. The molecule has 0 saturated heterocycles. The molecule has 2 aromatic heterocycles. The number of rotatable bonds is 10. The zero-order chi connectivity index (χ0) is 30.5. The number of methoxy groups -OCH3 is 1. The first-order valence-electron chi connectivity index (χ1n) is 13.8. The van der Waals surface area contributed by atoms with Gasteiger partial charge < -0.3 is 29.8 Å². The minimum absolute atomic E-state index is 0.137. The van der Waals surface area contributed by atoms with E-state index < -0.39 is 11.9 Å². The summed E-state index contributed by atoms with van der Waals surface area (Å²) in [6.07, 6.45) is 0.581. The van der Waals surface area contributed by atoms with E-state index in [-0.39, 0.29) is 12.4 Å². The van der Waals surface area contributed by atoms with Crippen molar-refractivity contribution in [3.8, 4) is 34.2 Å². The predicted molar refractivity (Wildman–Crippen MR) is 166 cm³/mol. The summed E-state index contributed by atoms with van der Waals surface area (Å²) in [6, 6.07) is 30.9. The van der Waals surface area contributed by atoms with Gasteiger partial charge in [0.05, 0.1) is 18.3 Å². The highest BCUT2D eigenvalue weighted by Crippen LogP contribution is 2.35. The second-order valence-corrected chi connectivity index (χ2v) is 9.86. The van der Waals surface area contributed by atoms with Gasteiger partial charge >= 0.3 is 6.09 Å². The third kappa shape index (κ3) is 6.14. The maximum Gasteiger partial charge on any atom is 0.409 e. The van der Waals surface area contributed by atoms with Crippen LogP contribution in [0.3, 0.4) is 0 Å². The number of anilines is 1. The first-order chi connectivity index (χ1) is 21.5. The van der Waals surface area contributed by atoms with Gasteiger partial charge in [-0.1, -0.05) is 42.5 Å². The molecule has 0 radical (unpaired) electrons. The van der Waals surface area contributed by atoms with E-state index in [2.05, 4.69) is 15.3 Å². The van der Waals surface area contributed by atoms with Gasteiger partial charge in [0, 0.05) is 18.3 Å². The third-order valence-electron chi connectivity index (χ3n) is 6.99. The monoisotopic (exact) mass is 589 g/mol. The Morgan fingerprint density at radius 3 is 2.34 bits per heavy atom. The Morgan fingerprint density at radius 1 is 0.886 bits per heavy atom. The lowest BCUT2D eigenvalue weighted by molar-refractivity contribution is 0.211. The molecule has 0 aliphatic rings. The van der Waals surface area contributed by atoms with E-state index in [0.29, 0.717) is 34.8 Å². The van der Waals surface area contributed by atoms with Crippen LogP contribution in [0.2, 0.25) is 0 Å². The normalized spacial score (nSPS) is 10.9. The first-order valence-corrected chi connectivity index (χ1v) is 13.8. The molecule has 0 atom stereocenters. The average Bonchev–Trinajstić information content (AvgIpc) is 3.44. The number of nitrogens with one attached hydrogen (secondary N) is 1. The quantitative estimate of drug-likeness (QED) is 0.179. The lowest BCUT2D eigenvalue weighted by Gasteiger charge is -2.15. The molecule has 4 aromatic carbocycles. The smallest absolute Gasteiger partial charge is 0.409 e. The number of ether oxygens (including phenoxy) is 3. The van der Waals surface area contributed by atoms with Crippen molar-refractivity contribution in [2.24, 2.45) is 5.73 Å². The molecule has 220 valence electrons. The average molecular weight is 590 g/mol. The number of fused-ring (bicyclic) bond motifs is 1. The number of halogens is 1. The van der Waals surface area contributed by atoms with Crippen LogP contribution < -0.4 is 25.3 Å². The van der Waals surface area contributed by atoms with Crippen molar-refractivity contribution >= 4 is 22.9 Å². The van der Waals surface area contributed by atoms with E-state index >= 15 is 4.39 Å². The van der Waals surface area contributed by atoms with Gasteiger partial charge in [0.1, 0.15) is 29.9 Å². The Bertz CT molecular complexity index is 1910. The Morgan fingerprint density at radius 2 is 1.64 bits per heavy atom. The van der Waals surface area contributed by atoms with E-state index in [4.69, 9.17) is 19.9 Å². The summed E-state index contributed by atoms with van der Waals surface area (Å²) in [6.45, 7) is 0.720.